The topological polar surface area (TPSA) is 105 Å². The molecule has 1 amide bonds. The van der Waals surface area contributed by atoms with Gasteiger partial charge in [0, 0.05) is 45.0 Å². The maximum Gasteiger partial charge on any atom is 0.253 e. The Bertz CT molecular complexity index is 1100. The summed E-state index contributed by atoms with van der Waals surface area (Å²) in [7, 11) is 0. The van der Waals surface area contributed by atoms with Crippen molar-refractivity contribution in [3.05, 3.63) is 71.6 Å². The molecular formula is C26H34N6O3. The number of benzene rings is 1. The van der Waals surface area contributed by atoms with E-state index < -0.39 is 0 Å². The van der Waals surface area contributed by atoms with Gasteiger partial charge < -0.3 is 19.7 Å². The van der Waals surface area contributed by atoms with Gasteiger partial charge in [0.1, 0.15) is 18.2 Å². The molecule has 1 aliphatic rings. The molecule has 1 aromatic carbocycles. The van der Waals surface area contributed by atoms with Gasteiger partial charge in [0.15, 0.2) is 5.82 Å². The zero-order valence-electron chi connectivity index (χ0n) is 20.4. The van der Waals surface area contributed by atoms with E-state index in [4.69, 9.17) is 9.84 Å². The van der Waals surface area contributed by atoms with E-state index in [0.29, 0.717) is 18.1 Å². The van der Waals surface area contributed by atoms with Crippen molar-refractivity contribution in [3.8, 4) is 5.75 Å². The molecule has 0 aliphatic carbocycles. The number of hydrogen-bond donors (Lipinski definition) is 2. The lowest BCUT2D eigenvalue weighted by Gasteiger charge is -2.22. The van der Waals surface area contributed by atoms with Crippen molar-refractivity contribution in [1.82, 2.24) is 30.0 Å². The molecule has 0 saturated carbocycles. The van der Waals surface area contributed by atoms with Gasteiger partial charge in [-0.2, -0.15) is 0 Å². The first kappa shape index (κ1) is 24.8. The lowest BCUT2D eigenvalue weighted by Crippen LogP contribution is -2.32. The molecule has 3 aromatic rings. The van der Waals surface area contributed by atoms with Gasteiger partial charge in [-0.25, -0.2) is 0 Å². The average molecular weight is 479 g/mol. The number of rotatable bonds is 10. The molecular weight excluding hydrogens is 444 g/mol. The van der Waals surface area contributed by atoms with Gasteiger partial charge in [-0.3, -0.25) is 14.7 Å². The zero-order valence-corrected chi connectivity index (χ0v) is 20.4. The first-order chi connectivity index (χ1) is 17.0. The van der Waals surface area contributed by atoms with Crippen LogP contribution in [0.15, 0.2) is 48.8 Å². The zero-order chi connectivity index (χ0) is 24.6. The molecule has 35 heavy (non-hydrogen) atoms. The normalized spacial score (nSPS) is 14.9. The van der Waals surface area contributed by atoms with Crippen molar-refractivity contribution in [2.45, 2.75) is 45.8 Å². The average Bonchev–Trinajstić information content (AvgIpc) is 3.17. The van der Waals surface area contributed by atoms with Crippen LogP contribution in [0.3, 0.4) is 0 Å². The number of aromatic nitrogens is 4. The Kier molecular flexibility index (Phi) is 8.44. The van der Waals surface area contributed by atoms with E-state index in [1.165, 1.54) is 5.56 Å². The summed E-state index contributed by atoms with van der Waals surface area (Å²) >= 11 is 0. The third-order valence-electron chi connectivity index (χ3n) is 6.06. The summed E-state index contributed by atoms with van der Waals surface area (Å²) in [5.74, 6) is 2.76. The summed E-state index contributed by atoms with van der Waals surface area (Å²) in [6.07, 6.45) is 4.80. The molecule has 2 N–H and O–H groups in total. The van der Waals surface area contributed by atoms with E-state index >= 15 is 0 Å². The van der Waals surface area contributed by atoms with Gasteiger partial charge in [0.2, 0.25) is 0 Å². The van der Waals surface area contributed by atoms with Gasteiger partial charge in [0.05, 0.1) is 18.2 Å². The Morgan fingerprint density at radius 1 is 1.17 bits per heavy atom. The van der Waals surface area contributed by atoms with E-state index in [1.807, 2.05) is 18.2 Å². The van der Waals surface area contributed by atoms with Crippen LogP contribution in [0.5, 0.6) is 5.75 Å². The number of ether oxygens (including phenoxy) is 1. The van der Waals surface area contributed by atoms with Gasteiger partial charge >= 0.3 is 0 Å². The van der Waals surface area contributed by atoms with Crippen molar-refractivity contribution in [1.29, 1.82) is 0 Å². The maximum absolute atomic E-state index is 12.9. The molecule has 0 radical (unpaired) electrons. The van der Waals surface area contributed by atoms with Crippen molar-refractivity contribution in [2.75, 3.05) is 26.3 Å². The fourth-order valence-electron chi connectivity index (χ4n) is 4.40. The Morgan fingerprint density at radius 2 is 2.06 bits per heavy atom. The number of nitrogens with zero attached hydrogens (tertiary/aromatic N) is 5. The molecule has 1 atom stereocenters. The molecule has 2 aromatic heterocycles. The molecule has 0 fully saturated rings. The van der Waals surface area contributed by atoms with E-state index in [2.05, 4.69) is 49.9 Å². The Hall–Kier alpha value is -3.30. The quantitative estimate of drug-likeness (QED) is 0.461. The SMILES string of the molecule is CC(C)C[C@@H](NC(=O)c1cccnc1)c1nnc2n1CCN(Cc1cccc(OCCO)c1)CC2. The summed E-state index contributed by atoms with van der Waals surface area (Å²) in [5, 5.41) is 21.2. The second-order valence-electron chi connectivity index (χ2n) is 9.27. The second-order valence-corrected chi connectivity index (χ2v) is 9.27. The van der Waals surface area contributed by atoms with Crippen molar-refractivity contribution < 1.29 is 14.6 Å². The summed E-state index contributed by atoms with van der Waals surface area (Å²) in [6.45, 7) is 7.86. The number of aliphatic hydroxyl groups is 1. The molecule has 9 heteroatoms. The number of hydrogen-bond acceptors (Lipinski definition) is 7. The van der Waals surface area contributed by atoms with E-state index in [-0.39, 0.29) is 18.6 Å². The summed E-state index contributed by atoms with van der Waals surface area (Å²) in [6, 6.07) is 11.3. The molecule has 0 spiro atoms. The van der Waals surface area contributed by atoms with Crippen LogP contribution in [0.2, 0.25) is 0 Å². The van der Waals surface area contributed by atoms with Crippen LogP contribution in [0.4, 0.5) is 0 Å². The lowest BCUT2D eigenvalue weighted by molar-refractivity contribution is 0.0928. The van der Waals surface area contributed by atoms with Gasteiger partial charge in [-0.05, 0) is 42.2 Å². The molecule has 186 valence electrons. The monoisotopic (exact) mass is 478 g/mol. The van der Waals surface area contributed by atoms with Crippen LogP contribution < -0.4 is 10.1 Å². The van der Waals surface area contributed by atoms with Crippen molar-refractivity contribution in [3.63, 3.8) is 0 Å². The molecule has 0 unspecified atom stereocenters. The van der Waals surface area contributed by atoms with Crippen molar-refractivity contribution >= 4 is 5.91 Å². The smallest absolute Gasteiger partial charge is 0.253 e. The first-order valence-corrected chi connectivity index (χ1v) is 12.2. The number of fused-ring (bicyclic) bond motifs is 1. The third kappa shape index (κ3) is 6.64. The van der Waals surface area contributed by atoms with E-state index in [0.717, 1.165) is 56.4 Å². The minimum Gasteiger partial charge on any atom is -0.491 e. The number of pyridine rings is 1. The number of amides is 1. The third-order valence-corrected chi connectivity index (χ3v) is 6.06. The molecule has 9 nitrogen and oxygen atoms in total. The number of nitrogens with one attached hydrogen (secondary N) is 1. The Balaban J connectivity index is 1.45. The second kappa shape index (κ2) is 11.9. The van der Waals surface area contributed by atoms with Crippen LogP contribution in [-0.4, -0.2) is 62.0 Å². The largest absolute Gasteiger partial charge is 0.491 e. The fraction of sp³-hybridized carbons (Fsp3) is 0.462. The van der Waals surface area contributed by atoms with E-state index in [1.54, 1.807) is 24.5 Å². The van der Waals surface area contributed by atoms with Crippen LogP contribution >= 0.6 is 0 Å². The Labute approximate surface area is 206 Å². The minimum atomic E-state index is -0.226. The van der Waals surface area contributed by atoms with Crippen LogP contribution in [0.25, 0.3) is 0 Å². The summed E-state index contributed by atoms with van der Waals surface area (Å²) in [5.41, 5.74) is 1.70. The lowest BCUT2D eigenvalue weighted by atomic mass is 10.0. The predicted octanol–water partition coefficient (Wildman–Crippen LogP) is 2.62. The highest BCUT2D eigenvalue weighted by Gasteiger charge is 2.26. The predicted molar refractivity (Wildman–Crippen MR) is 132 cm³/mol. The highest BCUT2D eigenvalue weighted by Crippen LogP contribution is 2.23. The molecule has 4 rings (SSSR count). The molecule has 0 saturated heterocycles. The number of carbonyl (C=O) groups excluding carboxylic acids is 1. The standard InChI is InChI=1S/C26H34N6O3/c1-19(2)15-23(28-26(34)21-6-4-9-27-17-21)25-30-29-24-8-10-31(11-12-32(24)25)18-20-5-3-7-22(16-20)35-14-13-33/h3-7,9,16-17,19,23,33H,8,10-15,18H2,1-2H3,(H,28,34)/t23-/m1/s1. The molecule has 0 bridgehead atoms. The van der Waals surface area contributed by atoms with Crippen LogP contribution in [0.1, 0.15) is 53.9 Å². The maximum atomic E-state index is 12.9. The Morgan fingerprint density at radius 3 is 2.83 bits per heavy atom. The first-order valence-electron chi connectivity index (χ1n) is 12.2. The van der Waals surface area contributed by atoms with Gasteiger partial charge in [-0.15, -0.1) is 10.2 Å². The summed E-state index contributed by atoms with van der Waals surface area (Å²) < 4.78 is 7.73. The van der Waals surface area contributed by atoms with E-state index in [9.17, 15) is 4.79 Å². The van der Waals surface area contributed by atoms with Crippen molar-refractivity contribution in [2.24, 2.45) is 5.92 Å². The minimum absolute atomic E-state index is 0.00131. The fourth-order valence-corrected chi connectivity index (χ4v) is 4.40. The molecule has 1 aliphatic heterocycles. The van der Waals surface area contributed by atoms with Gasteiger partial charge in [0.25, 0.3) is 5.91 Å². The van der Waals surface area contributed by atoms with Gasteiger partial charge in [-0.1, -0.05) is 26.0 Å². The van der Waals surface area contributed by atoms with Crippen LogP contribution in [-0.2, 0) is 19.5 Å². The highest BCUT2D eigenvalue weighted by molar-refractivity contribution is 5.94. The molecule has 3 heterocycles. The highest BCUT2D eigenvalue weighted by atomic mass is 16.5. The number of aliphatic hydroxyl groups excluding tert-OH is 1. The number of carbonyl (C=O) groups is 1. The summed E-state index contributed by atoms with van der Waals surface area (Å²) in [4.78, 5) is 19.3. The van der Waals surface area contributed by atoms with Crippen LogP contribution in [0, 0.1) is 5.92 Å².